The number of fused-ring (bicyclic) bond motifs is 1. The van der Waals surface area contributed by atoms with Crippen LogP contribution in [0, 0.1) is 0 Å². The number of benzene rings is 1. The molecule has 1 aromatic heterocycles. The van der Waals surface area contributed by atoms with E-state index in [1.54, 1.807) is 0 Å². The molecule has 1 unspecified atom stereocenters. The molecule has 2 aromatic rings. The lowest BCUT2D eigenvalue weighted by Gasteiger charge is -2.32. The predicted octanol–water partition coefficient (Wildman–Crippen LogP) is 3.34. The zero-order valence-electron chi connectivity index (χ0n) is 12.4. The highest BCUT2D eigenvalue weighted by Gasteiger charge is 2.19. The summed E-state index contributed by atoms with van der Waals surface area (Å²) >= 11 is 0. The minimum absolute atomic E-state index is 0.663. The molecule has 1 aliphatic heterocycles. The van der Waals surface area contributed by atoms with Crippen molar-refractivity contribution < 1.29 is 4.74 Å². The molecule has 2 heterocycles. The van der Waals surface area contributed by atoms with Crippen molar-refractivity contribution in [3.8, 4) is 5.75 Å². The number of aromatic nitrogens is 2. The number of nitrogens with zero attached hydrogens (tertiary/aromatic N) is 2. The summed E-state index contributed by atoms with van der Waals surface area (Å²) in [4.78, 5) is 10.6. The number of hydrogen-bond donors (Lipinski definition) is 1. The van der Waals surface area contributed by atoms with E-state index in [1.807, 2.05) is 25.1 Å². The molecule has 1 N–H and O–H groups in total. The number of ether oxygens (including phenoxy) is 1. The lowest BCUT2D eigenvalue weighted by atomic mass is 10.0. The SMILES string of the molecule is CCOc1ccc2nc(CN3CCCCC3C)[nH]c2c1. The summed E-state index contributed by atoms with van der Waals surface area (Å²) in [7, 11) is 0. The first-order valence-electron chi connectivity index (χ1n) is 7.61. The van der Waals surface area contributed by atoms with Gasteiger partial charge in [0.05, 0.1) is 24.2 Å². The minimum atomic E-state index is 0.663. The van der Waals surface area contributed by atoms with E-state index in [1.165, 1.54) is 25.8 Å². The first kappa shape index (κ1) is 13.4. The zero-order valence-corrected chi connectivity index (χ0v) is 12.4. The van der Waals surface area contributed by atoms with Gasteiger partial charge in [0.1, 0.15) is 11.6 Å². The van der Waals surface area contributed by atoms with Gasteiger partial charge in [0.2, 0.25) is 0 Å². The van der Waals surface area contributed by atoms with Crippen molar-refractivity contribution in [2.45, 2.75) is 45.7 Å². The molecule has 1 atom stereocenters. The van der Waals surface area contributed by atoms with E-state index in [0.717, 1.165) is 29.2 Å². The van der Waals surface area contributed by atoms with Crippen molar-refractivity contribution in [1.29, 1.82) is 0 Å². The molecule has 0 radical (unpaired) electrons. The van der Waals surface area contributed by atoms with Gasteiger partial charge in [0.25, 0.3) is 0 Å². The van der Waals surface area contributed by atoms with E-state index in [0.29, 0.717) is 12.6 Å². The highest BCUT2D eigenvalue weighted by Crippen LogP contribution is 2.22. The summed E-state index contributed by atoms with van der Waals surface area (Å²) < 4.78 is 5.53. The maximum atomic E-state index is 5.53. The van der Waals surface area contributed by atoms with Crippen molar-refractivity contribution in [2.24, 2.45) is 0 Å². The maximum absolute atomic E-state index is 5.53. The lowest BCUT2D eigenvalue weighted by molar-refractivity contribution is 0.149. The average Bonchev–Trinajstić information content (AvgIpc) is 2.83. The molecule has 1 aromatic carbocycles. The topological polar surface area (TPSA) is 41.1 Å². The number of rotatable bonds is 4. The molecule has 0 saturated carbocycles. The number of piperidine rings is 1. The number of H-pyrrole nitrogens is 1. The van der Waals surface area contributed by atoms with Crippen molar-refractivity contribution in [3.63, 3.8) is 0 Å². The monoisotopic (exact) mass is 273 g/mol. The zero-order chi connectivity index (χ0) is 13.9. The van der Waals surface area contributed by atoms with Crippen LogP contribution in [0.5, 0.6) is 5.75 Å². The van der Waals surface area contributed by atoms with Crippen LogP contribution in [0.3, 0.4) is 0 Å². The van der Waals surface area contributed by atoms with E-state index >= 15 is 0 Å². The van der Waals surface area contributed by atoms with E-state index in [2.05, 4.69) is 21.8 Å². The first-order valence-corrected chi connectivity index (χ1v) is 7.61. The van der Waals surface area contributed by atoms with E-state index in [-0.39, 0.29) is 0 Å². The third-order valence-corrected chi connectivity index (χ3v) is 4.11. The Morgan fingerprint density at radius 1 is 1.40 bits per heavy atom. The van der Waals surface area contributed by atoms with Crippen molar-refractivity contribution in [2.75, 3.05) is 13.2 Å². The quantitative estimate of drug-likeness (QED) is 0.929. The molecule has 20 heavy (non-hydrogen) atoms. The molecule has 4 heteroatoms. The first-order chi connectivity index (χ1) is 9.76. The average molecular weight is 273 g/mol. The van der Waals surface area contributed by atoms with Gasteiger partial charge >= 0.3 is 0 Å². The van der Waals surface area contributed by atoms with Crippen molar-refractivity contribution in [1.82, 2.24) is 14.9 Å². The van der Waals surface area contributed by atoms with Crippen LogP contribution >= 0.6 is 0 Å². The van der Waals surface area contributed by atoms with E-state index in [9.17, 15) is 0 Å². The number of nitrogens with one attached hydrogen (secondary N) is 1. The van der Waals surface area contributed by atoms with Gasteiger partial charge in [-0.05, 0) is 45.4 Å². The van der Waals surface area contributed by atoms with Crippen LogP contribution in [0.15, 0.2) is 18.2 Å². The minimum Gasteiger partial charge on any atom is -0.494 e. The summed E-state index contributed by atoms with van der Waals surface area (Å²) in [5, 5.41) is 0. The second kappa shape index (κ2) is 5.83. The van der Waals surface area contributed by atoms with Crippen LogP contribution in [0.25, 0.3) is 11.0 Å². The van der Waals surface area contributed by atoms with Crippen LogP contribution in [-0.2, 0) is 6.54 Å². The van der Waals surface area contributed by atoms with Crippen molar-refractivity contribution in [3.05, 3.63) is 24.0 Å². The summed E-state index contributed by atoms with van der Waals surface area (Å²) in [6.45, 7) is 7.11. The molecule has 0 amide bonds. The van der Waals surface area contributed by atoms with E-state index < -0.39 is 0 Å². The fourth-order valence-electron chi connectivity index (χ4n) is 2.96. The Balaban J connectivity index is 1.78. The second-order valence-corrected chi connectivity index (χ2v) is 5.61. The van der Waals surface area contributed by atoms with Crippen LogP contribution in [0.1, 0.15) is 38.9 Å². The summed E-state index contributed by atoms with van der Waals surface area (Å²) in [5.74, 6) is 1.96. The highest BCUT2D eigenvalue weighted by molar-refractivity contribution is 5.76. The fraction of sp³-hybridized carbons (Fsp3) is 0.562. The Labute approximate surface area is 120 Å². The molecular weight excluding hydrogens is 250 g/mol. The Kier molecular flexibility index (Phi) is 3.92. The highest BCUT2D eigenvalue weighted by atomic mass is 16.5. The largest absolute Gasteiger partial charge is 0.494 e. The van der Waals surface area contributed by atoms with Gasteiger partial charge in [-0.15, -0.1) is 0 Å². The number of hydrogen-bond acceptors (Lipinski definition) is 3. The third-order valence-electron chi connectivity index (χ3n) is 4.11. The van der Waals surface area contributed by atoms with Crippen LogP contribution in [-0.4, -0.2) is 34.1 Å². The van der Waals surface area contributed by atoms with E-state index in [4.69, 9.17) is 4.74 Å². The predicted molar refractivity (Wildman–Crippen MR) is 81.0 cm³/mol. The van der Waals surface area contributed by atoms with Gasteiger partial charge in [0, 0.05) is 12.1 Å². The summed E-state index contributed by atoms with van der Waals surface area (Å²) in [5.41, 5.74) is 2.09. The molecule has 0 bridgehead atoms. The van der Waals surface area contributed by atoms with Gasteiger partial charge < -0.3 is 9.72 Å². The standard InChI is InChI=1S/C16H23N3O/c1-3-20-13-7-8-14-15(10-13)18-16(17-14)11-19-9-5-4-6-12(19)2/h7-8,10,12H,3-6,9,11H2,1-2H3,(H,17,18). The molecule has 0 aliphatic carbocycles. The molecule has 3 rings (SSSR count). The normalized spacial score (nSPS) is 20.4. The number of aromatic amines is 1. The second-order valence-electron chi connectivity index (χ2n) is 5.61. The van der Waals surface area contributed by atoms with Gasteiger partial charge in [0.15, 0.2) is 0 Å². The van der Waals surface area contributed by atoms with Gasteiger partial charge in [-0.1, -0.05) is 6.42 Å². The fourth-order valence-corrected chi connectivity index (χ4v) is 2.96. The Bertz CT molecular complexity index is 578. The number of likely N-dealkylation sites (tertiary alicyclic amines) is 1. The molecule has 1 aliphatic rings. The molecule has 1 fully saturated rings. The molecule has 108 valence electrons. The van der Waals surface area contributed by atoms with Crippen molar-refractivity contribution >= 4 is 11.0 Å². The lowest BCUT2D eigenvalue weighted by Crippen LogP contribution is -2.37. The molecular formula is C16H23N3O. The van der Waals surface area contributed by atoms with Crippen LogP contribution in [0.2, 0.25) is 0 Å². The van der Waals surface area contributed by atoms with Gasteiger partial charge in [-0.3, -0.25) is 4.90 Å². The Morgan fingerprint density at radius 2 is 2.30 bits per heavy atom. The van der Waals surface area contributed by atoms with Gasteiger partial charge in [-0.2, -0.15) is 0 Å². The third kappa shape index (κ3) is 2.80. The van der Waals surface area contributed by atoms with Crippen LogP contribution in [0.4, 0.5) is 0 Å². The molecule has 1 saturated heterocycles. The Morgan fingerprint density at radius 3 is 3.10 bits per heavy atom. The maximum Gasteiger partial charge on any atom is 0.121 e. The summed E-state index contributed by atoms with van der Waals surface area (Å²) in [6.07, 6.45) is 3.96. The Hall–Kier alpha value is -1.55. The molecule has 4 nitrogen and oxygen atoms in total. The number of imidazole rings is 1. The van der Waals surface area contributed by atoms with Crippen LogP contribution < -0.4 is 4.74 Å². The summed E-state index contributed by atoms with van der Waals surface area (Å²) in [6, 6.07) is 6.71. The van der Waals surface area contributed by atoms with Gasteiger partial charge in [-0.25, -0.2) is 4.98 Å². The smallest absolute Gasteiger partial charge is 0.121 e. The molecule has 0 spiro atoms.